The van der Waals surface area contributed by atoms with E-state index in [4.69, 9.17) is 10.9 Å². The van der Waals surface area contributed by atoms with Gasteiger partial charge in [0.1, 0.15) is 0 Å². The van der Waals surface area contributed by atoms with Gasteiger partial charge in [-0.3, -0.25) is 9.52 Å². The van der Waals surface area contributed by atoms with E-state index >= 15 is 0 Å². The lowest BCUT2D eigenvalue weighted by atomic mass is 10.2. The molecular weight excluding hydrogens is 256 g/mol. The number of nitrogens with one attached hydrogen (secondary N) is 2. The average Bonchev–Trinajstić information content (AvgIpc) is 2.24. The van der Waals surface area contributed by atoms with Gasteiger partial charge in [0.15, 0.2) is 0 Å². The van der Waals surface area contributed by atoms with E-state index in [1.165, 1.54) is 12.1 Å². The van der Waals surface area contributed by atoms with Crippen LogP contribution in [-0.2, 0) is 15.0 Å². The number of benzene rings is 1. The fourth-order valence-electron chi connectivity index (χ4n) is 1.31. The van der Waals surface area contributed by atoms with Crippen molar-refractivity contribution in [3.05, 3.63) is 24.3 Å². The zero-order valence-electron chi connectivity index (χ0n) is 9.72. The molecule has 0 fully saturated rings. The Balaban J connectivity index is 2.68. The summed E-state index contributed by atoms with van der Waals surface area (Å²) in [6, 6.07) is 6.26. The van der Waals surface area contributed by atoms with Gasteiger partial charge in [-0.15, -0.1) is 0 Å². The van der Waals surface area contributed by atoms with E-state index in [2.05, 4.69) is 10.0 Å². The second-order valence-corrected chi connectivity index (χ2v) is 4.96. The van der Waals surface area contributed by atoms with Crippen molar-refractivity contribution in [1.29, 1.82) is 0 Å². The summed E-state index contributed by atoms with van der Waals surface area (Å²) in [6.07, 6.45) is 0.921. The molecule has 0 aliphatic rings. The first-order valence-corrected chi connectivity index (χ1v) is 6.86. The molecular formula is C10H16N4O3S. The fraction of sp³-hybridized carbons (Fsp3) is 0.300. The Kier molecular flexibility index (Phi) is 5.08. The second-order valence-electron chi connectivity index (χ2n) is 3.67. The normalized spacial score (nSPS) is 11.0. The lowest BCUT2D eigenvalue weighted by Crippen LogP contribution is -2.21. The van der Waals surface area contributed by atoms with Gasteiger partial charge < -0.3 is 11.1 Å². The summed E-state index contributed by atoms with van der Waals surface area (Å²) in [5.74, 6) is -0.173. The van der Waals surface area contributed by atoms with Crippen LogP contribution >= 0.6 is 0 Å². The Hall–Kier alpha value is -1.64. The van der Waals surface area contributed by atoms with E-state index in [0.717, 1.165) is 0 Å². The molecule has 1 aromatic carbocycles. The number of amides is 1. The van der Waals surface area contributed by atoms with Crippen LogP contribution in [0.4, 0.5) is 11.4 Å². The average molecular weight is 272 g/mol. The molecule has 0 bridgehead atoms. The Morgan fingerprint density at radius 3 is 2.56 bits per heavy atom. The Bertz CT molecular complexity index is 516. The number of carbonyl (C=O) groups excluding carboxylic acids is 1. The summed E-state index contributed by atoms with van der Waals surface area (Å²) in [5, 5.41) is 7.48. The van der Waals surface area contributed by atoms with Gasteiger partial charge >= 0.3 is 0 Å². The van der Waals surface area contributed by atoms with Crippen LogP contribution in [0, 0.1) is 0 Å². The minimum atomic E-state index is -3.82. The minimum absolute atomic E-state index is 0.173. The van der Waals surface area contributed by atoms with E-state index in [1.807, 2.05) is 0 Å². The first-order chi connectivity index (χ1) is 8.40. The van der Waals surface area contributed by atoms with Gasteiger partial charge in [0, 0.05) is 12.1 Å². The first-order valence-electron chi connectivity index (χ1n) is 5.31. The molecule has 0 spiro atoms. The quantitative estimate of drug-likeness (QED) is 0.580. The van der Waals surface area contributed by atoms with Crippen molar-refractivity contribution in [3.63, 3.8) is 0 Å². The van der Waals surface area contributed by atoms with Crippen LogP contribution in [0.1, 0.15) is 12.8 Å². The molecule has 0 aliphatic heterocycles. The predicted octanol–water partition coefficient (Wildman–Crippen LogP) is -0.0206. The molecule has 0 saturated heterocycles. The van der Waals surface area contributed by atoms with Crippen molar-refractivity contribution in [2.45, 2.75) is 12.8 Å². The molecule has 8 heteroatoms. The number of carbonyl (C=O) groups is 1. The highest BCUT2D eigenvalue weighted by molar-refractivity contribution is 7.90. The summed E-state index contributed by atoms with van der Waals surface area (Å²) >= 11 is 0. The number of anilines is 2. The van der Waals surface area contributed by atoms with Crippen molar-refractivity contribution in [2.75, 3.05) is 16.6 Å². The van der Waals surface area contributed by atoms with E-state index in [1.54, 1.807) is 12.1 Å². The van der Waals surface area contributed by atoms with Crippen molar-refractivity contribution >= 4 is 27.5 Å². The van der Waals surface area contributed by atoms with E-state index < -0.39 is 10.2 Å². The van der Waals surface area contributed by atoms with E-state index in [-0.39, 0.29) is 11.6 Å². The molecule has 100 valence electrons. The SMILES string of the molecule is NCCCC(=O)Nc1cccc(NS(N)(=O)=O)c1. The molecule has 7 nitrogen and oxygen atoms in total. The van der Waals surface area contributed by atoms with Gasteiger partial charge in [0.2, 0.25) is 5.91 Å². The van der Waals surface area contributed by atoms with Crippen LogP contribution in [0.2, 0.25) is 0 Å². The van der Waals surface area contributed by atoms with Crippen LogP contribution in [0.5, 0.6) is 0 Å². The highest BCUT2D eigenvalue weighted by atomic mass is 32.2. The molecule has 0 saturated carbocycles. The molecule has 0 aliphatic carbocycles. The molecule has 1 aromatic rings. The van der Waals surface area contributed by atoms with Crippen molar-refractivity contribution < 1.29 is 13.2 Å². The molecule has 0 radical (unpaired) electrons. The summed E-state index contributed by atoms with van der Waals surface area (Å²) in [7, 11) is -3.82. The summed E-state index contributed by atoms with van der Waals surface area (Å²) < 4.78 is 23.8. The molecule has 18 heavy (non-hydrogen) atoms. The van der Waals surface area contributed by atoms with Gasteiger partial charge in [-0.1, -0.05) is 6.07 Å². The third-order valence-electron chi connectivity index (χ3n) is 2.01. The minimum Gasteiger partial charge on any atom is -0.330 e. The lowest BCUT2D eigenvalue weighted by molar-refractivity contribution is -0.116. The van der Waals surface area contributed by atoms with Gasteiger partial charge in [-0.2, -0.15) is 8.42 Å². The summed E-state index contributed by atoms with van der Waals surface area (Å²) in [5.41, 5.74) is 6.07. The largest absolute Gasteiger partial charge is 0.330 e. The smallest absolute Gasteiger partial charge is 0.296 e. The van der Waals surface area contributed by atoms with Crippen LogP contribution < -0.4 is 20.9 Å². The monoisotopic (exact) mass is 272 g/mol. The molecule has 6 N–H and O–H groups in total. The highest BCUT2D eigenvalue weighted by Crippen LogP contribution is 2.15. The molecule has 0 unspecified atom stereocenters. The third kappa shape index (κ3) is 5.62. The maximum Gasteiger partial charge on any atom is 0.296 e. The maximum atomic E-state index is 11.4. The van der Waals surface area contributed by atoms with Crippen LogP contribution in [-0.4, -0.2) is 20.9 Å². The van der Waals surface area contributed by atoms with Crippen LogP contribution in [0.25, 0.3) is 0 Å². The predicted molar refractivity (Wildman–Crippen MR) is 70.1 cm³/mol. The van der Waals surface area contributed by atoms with Gasteiger partial charge in [-0.25, -0.2) is 5.14 Å². The number of hydrogen-bond acceptors (Lipinski definition) is 4. The van der Waals surface area contributed by atoms with Gasteiger partial charge in [-0.05, 0) is 31.2 Å². The number of nitrogens with two attached hydrogens (primary N) is 2. The van der Waals surface area contributed by atoms with E-state index in [0.29, 0.717) is 25.1 Å². The van der Waals surface area contributed by atoms with Crippen LogP contribution in [0.15, 0.2) is 24.3 Å². The molecule has 1 amide bonds. The zero-order valence-corrected chi connectivity index (χ0v) is 10.5. The number of rotatable bonds is 6. The molecule has 1 rings (SSSR count). The third-order valence-corrected chi connectivity index (χ3v) is 2.53. The standard InChI is InChI=1S/C10H16N4O3S/c11-6-2-5-10(15)13-8-3-1-4-9(7-8)14-18(12,16)17/h1,3-4,7,14H,2,5-6,11H2,(H,13,15)(H2,12,16,17). The fourth-order valence-corrected chi connectivity index (χ4v) is 1.77. The topological polar surface area (TPSA) is 127 Å². The van der Waals surface area contributed by atoms with Crippen LogP contribution in [0.3, 0.4) is 0 Å². The second kappa shape index (κ2) is 6.34. The number of hydrogen-bond donors (Lipinski definition) is 4. The van der Waals surface area contributed by atoms with E-state index in [9.17, 15) is 13.2 Å². The Morgan fingerprint density at radius 1 is 1.28 bits per heavy atom. The molecule has 0 aromatic heterocycles. The van der Waals surface area contributed by atoms with Gasteiger partial charge in [0.05, 0.1) is 5.69 Å². The van der Waals surface area contributed by atoms with Crippen molar-refractivity contribution in [3.8, 4) is 0 Å². The summed E-state index contributed by atoms with van der Waals surface area (Å²) in [4.78, 5) is 11.4. The molecule has 0 atom stereocenters. The lowest BCUT2D eigenvalue weighted by Gasteiger charge is -2.07. The highest BCUT2D eigenvalue weighted by Gasteiger charge is 2.05. The van der Waals surface area contributed by atoms with Crippen molar-refractivity contribution in [2.24, 2.45) is 10.9 Å². The Labute approximate surface area is 106 Å². The maximum absolute atomic E-state index is 11.4. The zero-order chi connectivity index (χ0) is 13.6. The first kappa shape index (κ1) is 14.4. The summed E-state index contributed by atoms with van der Waals surface area (Å²) in [6.45, 7) is 0.445. The Morgan fingerprint density at radius 2 is 1.94 bits per heavy atom. The molecule has 0 heterocycles. The van der Waals surface area contributed by atoms with Crippen molar-refractivity contribution in [1.82, 2.24) is 0 Å². The van der Waals surface area contributed by atoms with Gasteiger partial charge in [0.25, 0.3) is 10.2 Å².